The molecule has 0 bridgehead atoms. The van der Waals surface area contributed by atoms with Crippen LogP contribution in [0.15, 0.2) is 48.7 Å². The molecule has 0 spiro atoms. The molecular formula is C20H23ClN2O. The van der Waals surface area contributed by atoms with E-state index >= 15 is 0 Å². The van der Waals surface area contributed by atoms with Crippen LogP contribution in [0.25, 0.3) is 0 Å². The second kappa shape index (κ2) is 7.80. The summed E-state index contributed by atoms with van der Waals surface area (Å²) in [6.07, 6.45) is 8.28. The van der Waals surface area contributed by atoms with Crippen LogP contribution >= 0.6 is 11.6 Å². The van der Waals surface area contributed by atoms with Gasteiger partial charge in [-0.05, 0) is 55.5 Å². The molecule has 1 heterocycles. The molecule has 0 saturated heterocycles. The quantitative estimate of drug-likeness (QED) is 0.830. The minimum absolute atomic E-state index is 0.128. The molecule has 1 N–H and O–H groups in total. The third kappa shape index (κ3) is 4.15. The number of carbonyl (C=O) groups is 1. The van der Waals surface area contributed by atoms with E-state index in [-0.39, 0.29) is 11.4 Å². The smallest absolute Gasteiger partial charge is 0.220 e. The Labute approximate surface area is 148 Å². The molecule has 0 aliphatic heterocycles. The predicted octanol–water partition coefficient (Wildman–Crippen LogP) is 4.64. The average molecular weight is 343 g/mol. The molecule has 1 aromatic carbocycles. The molecule has 4 heteroatoms. The summed E-state index contributed by atoms with van der Waals surface area (Å²) in [6.45, 7) is 0. The Morgan fingerprint density at radius 2 is 1.88 bits per heavy atom. The Kier molecular flexibility index (Phi) is 5.52. The summed E-state index contributed by atoms with van der Waals surface area (Å²) in [4.78, 5) is 16.8. The van der Waals surface area contributed by atoms with Crippen molar-refractivity contribution in [1.29, 1.82) is 0 Å². The van der Waals surface area contributed by atoms with Crippen molar-refractivity contribution in [1.82, 2.24) is 10.3 Å². The number of nitrogens with zero attached hydrogens (tertiary/aromatic N) is 1. The number of pyridine rings is 1. The largest absolute Gasteiger partial charge is 0.347 e. The summed E-state index contributed by atoms with van der Waals surface area (Å²) in [7, 11) is 0. The SMILES string of the molecule is O=C(CCCc1ccccn1)NC1(c2ccc(Cl)cc2)CCCC1. The first-order valence-corrected chi connectivity index (χ1v) is 9.03. The van der Waals surface area contributed by atoms with Crippen molar-refractivity contribution in [2.24, 2.45) is 0 Å². The van der Waals surface area contributed by atoms with Gasteiger partial charge in [-0.2, -0.15) is 0 Å². The van der Waals surface area contributed by atoms with E-state index in [4.69, 9.17) is 11.6 Å². The van der Waals surface area contributed by atoms with Gasteiger partial charge >= 0.3 is 0 Å². The lowest BCUT2D eigenvalue weighted by Gasteiger charge is -2.31. The molecular weight excluding hydrogens is 320 g/mol. The number of carbonyl (C=O) groups excluding carboxylic acids is 1. The fourth-order valence-corrected chi connectivity index (χ4v) is 3.66. The van der Waals surface area contributed by atoms with E-state index < -0.39 is 0 Å². The number of amides is 1. The summed E-state index contributed by atoms with van der Waals surface area (Å²) in [5.74, 6) is 0.128. The van der Waals surface area contributed by atoms with Gasteiger partial charge in [-0.15, -0.1) is 0 Å². The van der Waals surface area contributed by atoms with E-state index in [0.717, 1.165) is 49.2 Å². The highest BCUT2D eigenvalue weighted by Crippen LogP contribution is 2.39. The first-order chi connectivity index (χ1) is 11.7. The second-order valence-corrected chi connectivity index (χ2v) is 6.96. The van der Waals surface area contributed by atoms with Crippen molar-refractivity contribution in [3.8, 4) is 0 Å². The van der Waals surface area contributed by atoms with Crippen LogP contribution in [0.4, 0.5) is 0 Å². The van der Waals surface area contributed by atoms with Crippen LogP contribution in [0.5, 0.6) is 0 Å². The predicted molar refractivity (Wildman–Crippen MR) is 96.9 cm³/mol. The first-order valence-electron chi connectivity index (χ1n) is 8.65. The summed E-state index contributed by atoms with van der Waals surface area (Å²) >= 11 is 6.00. The minimum atomic E-state index is -0.216. The molecule has 126 valence electrons. The molecule has 1 amide bonds. The average Bonchev–Trinajstić information content (AvgIpc) is 3.06. The highest BCUT2D eigenvalue weighted by atomic mass is 35.5. The summed E-state index contributed by atoms with van der Waals surface area (Å²) in [5, 5.41) is 4.04. The van der Waals surface area contributed by atoms with Crippen molar-refractivity contribution in [3.63, 3.8) is 0 Å². The van der Waals surface area contributed by atoms with E-state index in [1.807, 2.05) is 42.5 Å². The third-order valence-corrected chi connectivity index (χ3v) is 5.05. The Morgan fingerprint density at radius 3 is 2.54 bits per heavy atom. The van der Waals surface area contributed by atoms with Crippen molar-refractivity contribution >= 4 is 17.5 Å². The van der Waals surface area contributed by atoms with E-state index in [0.29, 0.717) is 6.42 Å². The molecule has 1 saturated carbocycles. The molecule has 1 aromatic heterocycles. The van der Waals surface area contributed by atoms with Crippen LogP contribution in [0.2, 0.25) is 5.02 Å². The maximum atomic E-state index is 12.5. The van der Waals surface area contributed by atoms with Crippen LogP contribution in [0.3, 0.4) is 0 Å². The van der Waals surface area contributed by atoms with Gasteiger partial charge in [0.1, 0.15) is 0 Å². The Balaban J connectivity index is 1.59. The molecule has 1 fully saturated rings. The van der Waals surface area contributed by atoms with Gasteiger partial charge in [0.15, 0.2) is 0 Å². The molecule has 0 radical (unpaired) electrons. The molecule has 0 atom stereocenters. The van der Waals surface area contributed by atoms with Crippen molar-refractivity contribution in [2.45, 2.75) is 50.5 Å². The van der Waals surface area contributed by atoms with Crippen LogP contribution in [0, 0.1) is 0 Å². The number of aromatic nitrogens is 1. The molecule has 1 aliphatic rings. The van der Waals surface area contributed by atoms with Gasteiger partial charge in [0.05, 0.1) is 5.54 Å². The standard InChI is InChI=1S/C20H23ClN2O/c21-17-11-9-16(10-12-17)20(13-2-3-14-20)23-19(24)8-5-7-18-6-1-4-15-22-18/h1,4,6,9-12,15H,2-3,5,7-8,13-14H2,(H,23,24). The molecule has 1 aliphatic carbocycles. The topological polar surface area (TPSA) is 42.0 Å². The van der Waals surface area contributed by atoms with Gasteiger partial charge in [-0.3, -0.25) is 9.78 Å². The normalized spacial score (nSPS) is 16.0. The number of rotatable bonds is 6. The molecule has 24 heavy (non-hydrogen) atoms. The highest BCUT2D eigenvalue weighted by molar-refractivity contribution is 6.30. The maximum Gasteiger partial charge on any atom is 0.220 e. The van der Waals surface area contributed by atoms with E-state index in [1.54, 1.807) is 6.20 Å². The van der Waals surface area contributed by atoms with Crippen LogP contribution < -0.4 is 5.32 Å². The maximum absolute atomic E-state index is 12.5. The fourth-order valence-electron chi connectivity index (χ4n) is 3.54. The molecule has 2 aromatic rings. The van der Waals surface area contributed by atoms with Gasteiger partial charge in [-0.1, -0.05) is 42.6 Å². The highest BCUT2D eigenvalue weighted by Gasteiger charge is 2.36. The van der Waals surface area contributed by atoms with Crippen molar-refractivity contribution in [2.75, 3.05) is 0 Å². The third-order valence-electron chi connectivity index (χ3n) is 4.80. The lowest BCUT2D eigenvalue weighted by atomic mass is 9.88. The zero-order valence-electron chi connectivity index (χ0n) is 13.8. The second-order valence-electron chi connectivity index (χ2n) is 6.52. The number of hydrogen-bond acceptors (Lipinski definition) is 2. The van der Waals surface area contributed by atoms with Crippen LogP contribution in [-0.4, -0.2) is 10.9 Å². The Bertz CT molecular complexity index is 664. The zero-order valence-corrected chi connectivity index (χ0v) is 14.6. The van der Waals surface area contributed by atoms with E-state index in [1.165, 1.54) is 5.56 Å². The fraction of sp³-hybridized carbons (Fsp3) is 0.400. The number of halogens is 1. The monoisotopic (exact) mass is 342 g/mol. The number of hydrogen-bond donors (Lipinski definition) is 1. The number of aryl methyl sites for hydroxylation is 1. The lowest BCUT2D eigenvalue weighted by molar-refractivity contribution is -0.123. The van der Waals surface area contributed by atoms with Crippen LogP contribution in [-0.2, 0) is 16.8 Å². The Morgan fingerprint density at radius 1 is 1.12 bits per heavy atom. The molecule has 3 nitrogen and oxygen atoms in total. The summed E-state index contributed by atoms with van der Waals surface area (Å²) < 4.78 is 0. The van der Waals surface area contributed by atoms with Gasteiger partial charge in [-0.25, -0.2) is 0 Å². The van der Waals surface area contributed by atoms with Crippen molar-refractivity contribution < 1.29 is 4.79 Å². The van der Waals surface area contributed by atoms with Crippen LogP contribution in [0.1, 0.15) is 49.8 Å². The Hall–Kier alpha value is -1.87. The first kappa shape index (κ1) is 17.0. The molecule has 3 rings (SSSR count). The lowest BCUT2D eigenvalue weighted by Crippen LogP contribution is -2.43. The number of nitrogens with one attached hydrogen (secondary N) is 1. The van der Waals surface area contributed by atoms with Gasteiger partial charge < -0.3 is 5.32 Å². The minimum Gasteiger partial charge on any atom is -0.347 e. The van der Waals surface area contributed by atoms with Gasteiger partial charge in [0.2, 0.25) is 5.91 Å². The van der Waals surface area contributed by atoms with Gasteiger partial charge in [0, 0.05) is 23.3 Å². The van der Waals surface area contributed by atoms with E-state index in [9.17, 15) is 4.79 Å². The van der Waals surface area contributed by atoms with Gasteiger partial charge in [0.25, 0.3) is 0 Å². The zero-order chi connectivity index (χ0) is 16.8. The van der Waals surface area contributed by atoms with E-state index in [2.05, 4.69) is 10.3 Å². The van der Waals surface area contributed by atoms with Crippen molar-refractivity contribution in [3.05, 3.63) is 64.9 Å². The summed E-state index contributed by atoms with van der Waals surface area (Å²) in [6, 6.07) is 13.8. The summed E-state index contributed by atoms with van der Waals surface area (Å²) in [5.41, 5.74) is 1.99. The molecule has 0 unspecified atom stereocenters. The number of benzene rings is 1.